The second kappa shape index (κ2) is 11.8. The number of methoxy groups -OCH3 is 1. The van der Waals surface area contributed by atoms with Gasteiger partial charge in [-0.3, -0.25) is 9.88 Å². The van der Waals surface area contributed by atoms with Crippen molar-refractivity contribution in [2.75, 3.05) is 44.9 Å². The van der Waals surface area contributed by atoms with E-state index in [1.807, 2.05) is 42.2 Å². The number of pyridine rings is 1. The minimum absolute atomic E-state index is 0.0718. The lowest BCUT2D eigenvalue weighted by Gasteiger charge is -2.18. The van der Waals surface area contributed by atoms with E-state index < -0.39 is 0 Å². The maximum absolute atomic E-state index is 12.6. The molecular formula is C23H30N4O4. The predicted octanol–water partition coefficient (Wildman–Crippen LogP) is 3.95. The molecular weight excluding hydrogens is 396 g/mol. The molecule has 8 nitrogen and oxygen atoms in total. The highest BCUT2D eigenvalue weighted by Gasteiger charge is 2.28. The standard InChI is InChI=1S/C23H30N4O4/c1-3-31-25-18-19-7-8-21(17-22(19)29-2)30-16-6-4-5-13-26-14-15-27(23(26)28)20-9-11-24-12-10-20/h7-12,17-18H,3-6,13-16H2,1-2H3/b25-18+. The third-order valence-electron chi connectivity index (χ3n) is 5.01. The van der Waals surface area contributed by atoms with E-state index >= 15 is 0 Å². The Bertz CT molecular complexity index is 860. The molecule has 1 saturated heterocycles. The van der Waals surface area contributed by atoms with Crippen LogP contribution in [0.15, 0.2) is 47.9 Å². The molecule has 2 aromatic rings. The molecule has 31 heavy (non-hydrogen) atoms. The van der Waals surface area contributed by atoms with E-state index in [1.54, 1.807) is 30.6 Å². The number of aromatic nitrogens is 1. The molecule has 1 aliphatic heterocycles. The number of unbranched alkanes of at least 4 members (excludes halogenated alkanes) is 2. The largest absolute Gasteiger partial charge is 0.496 e. The highest BCUT2D eigenvalue weighted by atomic mass is 16.6. The quantitative estimate of drug-likeness (QED) is 0.292. The van der Waals surface area contributed by atoms with Crippen molar-refractivity contribution in [1.82, 2.24) is 9.88 Å². The zero-order valence-electron chi connectivity index (χ0n) is 18.2. The topological polar surface area (TPSA) is 76.5 Å². The number of ether oxygens (including phenoxy) is 2. The molecule has 1 aliphatic rings. The monoisotopic (exact) mass is 426 g/mol. The zero-order valence-corrected chi connectivity index (χ0v) is 18.2. The number of hydrogen-bond donors (Lipinski definition) is 0. The van der Waals surface area contributed by atoms with Crippen molar-refractivity contribution in [2.45, 2.75) is 26.2 Å². The number of benzene rings is 1. The van der Waals surface area contributed by atoms with Crippen molar-refractivity contribution in [3.63, 3.8) is 0 Å². The maximum Gasteiger partial charge on any atom is 0.324 e. The number of anilines is 1. The number of rotatable bonds is 12. The molecule has 1 aromatic heterocycles. The highest BCUT2D eigenvalue weighted by Crippen LogP contribution is 2.24. The molecule has 0 unspecified atom stereocenters. The molecule has 2 amide bonds. The first-order valence-corrected chi connectivity index (χ1v) is 10.7. The second-order valence-electron chi connectivity index (χ2n) is 7.09. The summed E-state index contributed by atoms with van der Waals surface area (Å²) in [6, 6.07) is 9.45. The van der Waals surface area contributed by atoms with Crippen LogP contribution in [0.3, 0.4) is 0 Å². The Balaban J connectivity index is 1.36. The number of hydrogen-bond acceptors (Lipinski definition) is 6. The van der Waals surface area contributed by atoms with Gasteiger partial charge < -0.3 is 19.2 Å². The van der Waals surface area contributed by atoms with Crippen LogP contribution in [0.2, 0.25) is 0 Å². The molecule has 166 valence electrons. The van der Waals surface area contributed by atoms with Gasteiger partial charge in [-0.15, -0.1) is 0 Å². The fraction of sp³-hybridized carbons (Fsp3) is 0.435. The first kappa shape index (κ1) is 22.4. The molecule has 0 N–H and O–H groups in total. The van der Waals surface area contributed by atoms with Crippen LogP contribution in [0.1, 0.15) is 31.7 Å². The van der Waals surface area contributed by atoms with Crippen molar-refractivity contribution in [1.29, 1.82) is 0 Å². The van der Waals surface area contributed by atoms with Crippen molar-refractivity contribution in [2.24, 2.45) is 5.16 Å². The van der Waals surface area contributed by atoms with Crippen LogP contribution in [0.5, 0.6) is 11.5 Å². The molecule has 0 bridgehead atoms. The summed E-state index contributed by atoms with van der Waals surface area (Å²) in [4.78, 5) is 25.3. The normalized spacial score (nSPS) is 13.8. The molecule has 1 aromatic carbocycles. The van der Waals surface area contributed by atoms with Crippen LogP contribution in [0.25, 0.3) is 0 Å². The molecule has 3 rings (SSSR count). The number of urea groups is 1. The average molecular weight is 427 g/mol. The molecule has 2 heterocycles. The third-order valence-corrected chi connectivity index (χ3v) is 5.01. The second-order valence-corrected chi connectivity index (χ2v) is 7.09. The first-order valence-electron chi connectivity index (χ1n) is 10.7. The summed E-state index contributed by atoms with van der Waals surface area (Å²) in [6.45, 7) is 5.27. The SMILES string of the molecule is CCO/N=C/c1ccc(OCCCCCN2CCN(c3ccncc3)C2=O)cc1OC. The third kappa shape index (κ3) is 6.34. The van der Waals surface area contributed by atoms with Gasteiger partial charge in [0.15, 0.2) is 0 Å². The minimum atomic E-state index is 0.0718. The van der Waals surface area contributed by atoms with Crippen LogP contribution in [0.4, 0.5) is 10.5 Å². The first-order chi connectivity index (χ1) is 15.2. The summed E-state index contributed by atoms with van der Waals surface area (Å²) in [7, 11) is 1.62. The zero-order chi connectivity index (χ0) is 21.9. The van der Waals surface area contributed by atoms with E-state index in [4.69, 9.17) is 14.3 Å². The van der Waals surface area contributed by atoms with Gasteiger partial charge in [0.05, 0.1) is 19.9 Å². The Morgan fingerprint density at radius 1 is 1.13 bits per heavy atom. The minimum Gasteiger partial charge on any atom is -0.496 e. The van der Waals surface area contributed by atoms with E-state index in [0.29, 0.717) is 19.0 Å². The Hall–Kier alpha value is -3.29. The van der Waals surface area contributed by atoms with Crippen molar-refractivity contribution in [3.05, 3.63) is 48.3 Å². The van der Waals surface area contributed by atoms with Crippen LogP contribution < -0.4 is 14.4 Å². The van der Waals surface area contributed by atoms with Crippen LogP contribution in [-0.4, -0.2) is 62.1 Å². The summed E-state index contributed by atoms with van der Waals surface area (Å²) in [5.74, 6) is 1.44. The average Bonchev–Trinajstić information content (AvgIpc) is 3.17. The smallest absolute Gasteiger partial charge is 0.324 e. The number of amides is 2. The van der Waals surface area contributed by atoms with Crippen molar-refractivity contribution in [3.8, 4) is 11.5 Å². The van der Waals surface area contributed by atoms with Crippen molar-refractivity contribution >= 4 is 17.9 Å². The van der Waals surface area contributed by atoms with Crippen LogP contribution in [-0.2, 0) is 4.84 Å². The number of carbonyl (C=O) groups is 1. The molecule has 0 saturated carbocycles. The lowest BCUT2D eigenvalue weighted by atomic mass is 10.2. The summed E-state index contributed by atoms with van der Waals surface area (Å²) in [6.07, 6.45) is 7.92. The van der Waals surface area contributed by atoms with E-state index in [9.17, 15) is 4.79 Å². The van der Waals surface area contributed by atoms with Gasteiger partial charge in [-0.1, -0.05) is 5.16 Å². The van der Waals surface area contributed by atoms with E-state index in [0.717, 1.165) is 55.9 Å². The molecule has 8 heteroatoms. The summed E-state index contributed by atoms with van der Waals surface area (Å²) in [5.41, 5.74) is 1.74. The van der Waals surface area contributed by atoms with Gasteiger partial charge in [0.25, 0.3) is 0 Å². The fourth-order valence-electron chi connectivity index (χ4n) is 3.38. The summed E-state index contributed by atoms with van der Waals surface area (Å²) >= 11 is 0. The molecule has 1 fully saturated rings. The molecule has 0 aliphatic carbocycles. The lowest BCUT2D eigenvalue weighted by molar-refractivity contribution is 0.160. The lowest BCUT2D eigenvalue weighted by Crippen LogP contribution is -2.32. The van der Waals surface area contributed by atoms with E-state index in [1.165, 1.54) is 0 Å². The van der Waals surface area contributed by atoms with Crippen molar-refractivity contribution < 1.29 is 19.1 Å². The summed E-state index contributed by atoms with van der Waals surface area (Å²) in [5, 5.41) is 3.87. The Labute approximate surface area is 183 Å². The van der Waals surface area contributed by atoms with Gasteiger partial charge in [0, 0.05) is 49.3 Å². The maximum atomic E-state index is 12.6. The van der Waals surface area contributed by atoms with Gasteiger partial charge in [-0.25, -0.2) is 4.79 Å². The van der Waals surface area contributed by atoms with Gasteiger partial charge in [0.2, 0.25) is 0 Å². The van der Waals surface area contributed by atoms with E-state index in [-0.39, 0.29) is 6.03 Å². The summed E-state index contributed by atoms with van der Waals surface area (Å²) < 4.78 is 11.2. The molecule has 0 spiro atoms. The number of oxime groups is 1. The van der Waals surface area contributed by atoms with Gasteiger partial charge in [0.1, 0.15) is 18.1 Å². The predicted molar refractivity (Wildman–Crippen MR) is 120 cm³/mol. The molecule has 0 atom stereocenters. The van der Waals surface area contributed by atoms with Gasteiger partial charge in [-0.05, 0) is 50.5 Å². The van der Waals surface area contributed by atoms with Gasteiger partial charge in [-0.2, -0.15) is 0 Å². The highest BCUT2D eigenvalue weighted by molar-refractivity contribution is 5.94. The van der Waals surface area contributed by atoms with E-state index in [2.05, 4.69) is 10.1 Å². The number of nitrogens with zero attached hydrogens (tertiary/aromatic N) is 4. The molecule has 0 radical (unpaired) electrons. The fourth-order valence-corrected chi connectivity index (χ4v) is 3.38. The number of carbonyl (C=O) groups excluding carboxylic acids is 1. The Morgan fingerprint density at radius 2 is 1.97 bits per heavy atom. The van der Waals surface area contributed by atoms with Crippen LogP contribution in [0, 0.1) is 0 Å². The Morgan fingerprint density at radius 3 is 2.74 bits per heavy atom. The van der Waals surface area contributed by atoms with Gasteiger partial charge >= 0.3 is 6.03 Å². The van der Waals surface area contributed by atoms with Crippen LogP contribution >= 0.6 is 0 Å². The Kier molecular flexibility index (Phi) is 8.51.